The van der Waals surface area contributed by atoms with Crippen molar-refractivity contribution in [2.24, 2.45) is 5.92 Å². The zero-order chi connectivity index (χ0) is 19.3. The highest BCUT2D eigenvalue weighted by Gasteiger charge is 2.18. The van der Waals surface area contributed by atoms with Crippen LogP contribution in [0.4, 0.5) is 11.4 Å². The van der Waals surface area contributed by atoms with Crippen LogP contribution in [-0.2, 0) is 21.3 Å². The van der Waals surface area contributed by atoms with E-state index in [9.17, 15) is 13.2 Å². The van der Waals surface area contributed by atoms with Gasteiger partial charge >= 0.3 is 0 Å². The first-order valence-corrected chi connectivity index (χ1v) is 10.0. The van der Waals surface area contributed by atoms with Crippen LogP contribution in [0.25, 0.3) is 0 Å². The van der Waals surface area contributed by atoms with Gasteiger partial charge in [0, 0.05) is 31.2 Å². The monoisotopic (exact) mass is 394 g/mol. The van der Waals surface area contributed by atoms with Gasteiger partial charge in [-0.25, -0.2) is 0 Å². The number of rotatable bonds is 7. The van der Waals surface area contributed by atoms with Crippen LogP contribution in [0.1, 0.15) is 5.56 Å². The summed E-state index contributed by atoms with van der Waals surface area (Å²) >= 11 is 4.28. The van der Waals surface area contributed by atoms with Gasteiger partial charge in [-0.1, -0.05) is 12.1 Å². The van der Waals surface area contributed by atoms with E-state index in [1.165, 1.54) is 24.3 Å². The maximum absolute atomic E-state index is 12.5. The van der Waals surface area contributed by atoms with Crippen molar-refractivity contribution < 1.29 is 17.8 Å². The van der Waals surface area contributed by atoms with Crippen LogP contribution in [0, 0.1) is 5.92 Å². The van der Waals surface area contributed by atoms with E-state index in [4.69, 9.17) is 4.55 Å². The maximum Gasteiger partial charge on any atom is 0.294 e. The molecule has 2 aromatic rings. The van der Waals surface area contributed by atoms with Gasteiger partial charge in [-0.05, 0) is 48.4 Å². The van der Waals surface area contributed by atoms with Crippen molar-refractivity contribution >= 4 is 40.0 Å². The molecule has 140 valence electrons. The molecular weight excluding hydrogens is 372 g/mol. The molecule has 0 fully saturated rings. The summed E-state index contributed by atoms with van der Waals surface area (Å²) in [5.74, 6) is -0.147. The normalized spacial score (nSPS) is 12.5. The molecule has 2 rings (SSSR count). The lowest BCUT2D eigenvalue weighted by Crippen LogP contribution is -2.26. The fourth-order valence-electron chi connectivity index (χ4n) is 2.41. The van der Waals surface area contributed by atoms with E-state index in [2.05, 4.69) is 17.9 Å². The summed E-state index contributed by atoms with van der Waals surface area (Å²) in [7, 11) is -0.319. The van der Waals surface area contributed by atoms with Crippen molar-refractivity contribution in [2.75, 3.05) is 30.1 Å². The Labute approximate surface area is 159 Å². The zero-order valence-corrected chi connectivity index (χ0v) is 16.3. The average molecular weight is 395 g/mol. The second kappa shape index (κ2) is 8.57. The minimum atomic E-state index is -4.25. The molecule has 1 amide bonds. The smallest absolute Gasteiger partial charge is 0.294 e. The van der Waals surface area contributed by atoms with Gasteiger partial charge in [-0.3, -0.25) is 9.35 Å². The number of nitrogens with one attached hydrogen (secondary N) is 1. The van der Waals surface area contributed by atoms with Crippen LogP contribution in [0.2, 0.25) is 0 Å². The van der Waals surface area contributed by atoms with Crippen LogP contribution < -0.4 is 10.2 Å². The maximum atomic E-state index is 12.5. The van der Waals surface area contributed by atoms with Gasteiger partial charge in [0.1, 0.15) is 0 Å². The molecule has 26 heavy (non-hydrogen) atoms. The molecule has 2 aromatic carbocycles. The van der Waals surface area contributed by atoms with Gasteiger partial charge in [0.05, 0.1) is 10.8 Å². The Kier molecular flexibility index (Phi) is 6.69. The second-order valence-electron chi connectivity index (χ2n) is 6.13. The molecule has 2 N–H and O–H groups in total. The lowest BCUT2D eigenvalue weighted by molar-refractivity contribution is -0.119. The van der Waals surface area contributed by atoms with Crippen LogP contribution in [0.3, 0.4) is 0 Å². The third kappa shape index (κ3) is 5.48. The summed E-state index contributed by atoms with van der Waals surface area (Å²) in [5.41, 5.74) is 2.57. The van der Waals surface area contributed by atoms with Gasteiger partial charge in [0.2, 0.25) is 5.91 Å². The molecule has 0 saturated heterocycles. The number of carbonyl (C=O) groups is 1. The van der Waals surface area contributed by atoms with Gasteiger partial charge in [-0.15, -0.1) is 0 Å². The van der Waals surface area contributed by atoms with Crippen LogP contribution in [0.5, 0.6) is 0 Å². The van der Waals surface area contributed by atoms with Crippen LogP contribution in [0.15, 0.2) is 53.4 Å². The predicted molar refractivity (Wildman–Crippen MR) is 107 cm³/mol. The van der Waals surface area contributed by atoms with Crippen molar-refractivity contribution in [1.29, 1.82) is 0 Å². The second-order valence-corrected chi connectivity index (χ2v) is 7.92. The highest BCUT2D eigenvalue weighted by Crippen LogP contribution is 2.19. The summed E-state index contributed by atoms with van der Waals surface area (Å²) in [6.07, 6.45) is 0.548. The third-order valence-corrected chi connectivity index (χ3v) is 5.25. The number of benzene rings is 2. The molecule has 8 heteroatoms. The summed E-state index contributed by atoms with van der Waals surface area (Å²) in [5, 5.41) is 2.75. The lowest BCUT2D eigenvalue weighted by Gasteiger charge is -2.16. The van der Waals surface area contributed by atoms with Crippen LogP contribution in [-0.4, -0.2) is 38.7 Å². The number of hydrogen-bond donors (Lipinski definition) is 3. The number of nitrogens with zero attached hydrogens (tertiary/aromatic N) is 1. The molecule has 0 bridgehead atoms. The number of hydrogen-bond acceptors (Lipinski definition) is 5. The van der Waals surface area contributed by atoms with Gasteiger partial charge in [0.25, 0.3) is 10.1 Å². The summed E-state index contributed by atoms with van der Waals surface area (Å²) in [6, 6.07) is 13.3. The highest BCUT2D eigenvalue weighted by atomic mass is 32.2. The van der Waals surface area contributed by atoms with Crippen molar-refractivity contribution in [3.05, 3.63) is 54.1 Å². The summed E-state index contributed by atoms with van der Waals surface area (Å²) in [4.78, 5) is 14.3. The minimum absolute atomic E-state index is 0.198. The Hall–Kier alpha value is -2.03. The lowest BCUT2D eigenvalue weighted by atomic mass is 9.99. The van der Waals surface area contributed by atoms with Gasteiger partial charge < -0.3 is 10.2 Å². The average Bonchev–Trinajstić information content (AvgIpc) is 2.59. The molecule has 0 aliphatic heterocycles. The summed E-state index contributed by atoms with van der Waals surface area (Å²) < 4.78 is 31.1. The number of amides is 1. The minimum Gasteiger partial charge on any atom is -0.378 e. The first-order valence-electron chi connectivity index (χ1n) is 7.96. The molecule has 0 heterocycles. The Morgan fingerprint density at radius 3 is 2.15 bits per heavy atom. The first-order chi connectivity index (χ1) is 12.2. The molecule has 0 aromatic heterocycles. The molecule has 0 spiro atoms. The van der Waals surface area contributed by atoms with E-state index >= 15 is 0 Å². The molecule has 0 radical (unpaired) electrons. The van der Waals surface area contributed by atoms with E-state index in [0.29, 0.717) is 17.9 Å². The first kappa shape index (κ1) is 20.3. The Morgan fingerprint density at radius 1 is 1.12 bits per heavy atom. The third-order valence-electron chi connectivity index (χ3n) is 3.95. The Bertz CT molecular complexity index is 848. The molecule has 6 nitrogen and oxygen atoms in total. The molecule has 0 aliphatic carbocycles. The predicted octanol–water partition coefficient (Wildman–Crippen LogP) is 2.73. The fourth-order valence-corrected chi connectivity index (χ4v) is 3.18. The number of thiol groups is 1. The summed E-state index contributed by atoms with van der Waals surface area (Å²) in [6.45, 7) is 0. The van der Waals surface area contributed by atoms with Crippen LogP contribution >= 0.6 is 12.6 Å². The van der Waals surface area contributed by atoms with Crippen molar-refractivity contribution in [2.45, 2.75) is 11.3 Å². The topological polar surface area (TPSA) is 86.7 Å². The molecule has 0 saturated carbocycles. The van der Waals surface area contributed by atoms with Crippen molar-refractivity contribution in [1.82, 2.24) is 0 Å². The quantitative estimate of drug-likeness (QED) is 0.497. The molecular formula is C18H22N2O4S2. The van der Waals surface area contributed by atoms with Crippen molar-refractivity contribution in [3.63, 3.8) is 0 Å². The SMILES string of the molecule is CN(C)c1ccc(CC(CS)C(=O)Nc2ccc(S(=O)(=O)O)cc2)cc1. The fraction of sp³-hybridized carbons (Fsp3) is 0.278. The van der Waals surface area contributed by atoms with Crippen molar-refractivity contribution in [3.8, 4) is 0 Å². The molecule has 0 aliphatic rings. The van der Waals surface area contributed by atoms with Gasteiger partial charge in [-0.2, -0.15) is 21.0 Å². The Balaban J connectivity index is 2.04. The number of anilines is 2. The highest BCUT2D eigenvalue weighted by molar-refractivity contribution is 7.85. The van der Waals surface area contributed by atoms with E-state index in [1.807, 2.05) is 43.3 Å². The standard InChI is InChI=1S/C18H22N2O4S2/c1-20(2)16-7-3-13(4-8-16)11-14(12-25)18(21)19-15-5-9-17(10-6-15)26(22,23)24/h3-10,14,25H,11-12H2,1-2H3,(H,19,21)(H,22,23,24). The molecule has 1 unspecified atom stereocenters. The molecule has 1 atom stereocenters. The van der Waals surface area contributed by atoms with E-state index in [-0.39, 0.29) is 16.7 Å². The number of carbonyl (C=O) groups excluding carboxylic acids is 1. The van der Waals surface area contributed by atoms with E-state index in [1.54, 1.807) is 0 Å². The Morgan fingerprint density at radius 2 is 1.69 bits per heavy atom. The largest absolute Gasteiger partial charge is 0.378 e. The van der Waals surface area contributed by atoms with E-state index < -0.39 is 10.1 Å². The van der Waals surface area contributed by atoms with Gasteiger partial charge in [0.15, 0.2) is 0 Å². The van der Waals surface area contributed by atoms with E-state index in [0.717, 1.165) is 11.3 Å². The zero-order valence-electron chi connectivity index (χ0n) is 14.6.